The van der Waals surface area contributed by atoms with Crippen molar-refractivity contribution >= 4 is 17.5 Å². The van der Waals surface area contributed by atoms with Crippen LogP contribution in [0.1, 0.15) is 5.69 Å². The van der Waals surface area contributed by atoms with Crippen LogP contribution in [0.2, 0.25) is 0 Å². The van der Waals surface area contributed by atoms with Crippen LogP contribution in [0.15, 0.2) is 18.2 Å². The molecule has 2 N–H and O–H groups in total. The van der Waals surface area contributed by atoms with E-state index in [9.17, 15) is 26.3 Å². The van der Waals surface area contributed by atoms with Gasteiger partial charge in [-0.1, -0.05) is 0 Å². The van der Waals surface area contributed by atoms with Crippen molar-refractivity contribution in [3.8, 4) is 0 Å². The molecule has 0 saturated heterocycles. The van der Waals surface area contributed by atoms with Gasteiger partial charge in [0.05, 0.1) is 0 Å². The molecule has 2 rings (SSSR count). The van der Waals surface area contributed by atoms with Gasteiger partial charge < -0.3 is 10.6 Å². The lowest BCUT2D eigenvalue weighted by atomic mass is 10.2. The van der Waals surface area contributed by atoms with Crippen molar-refractivity contribution in [2.75, 3.05) is 17.7 Å². The lowest BCUT2D eigenvalue weighted by Gasteiger charge is -2.12. The Morgan fingerprint density at radius 1 is 1.00 bits per heavy atom. The molecule has 118 valence electrons. The molecule has 0 aliphatic heterocycles. The first kappa shape index (κ1) is 15.9. The van der Waals surface area contributed by atoms with E-state index in [0.29, 0.717) is 18.2 Å². The molecule has 4 nitrogen and oxygen atoms in total. The van der Waals surface area contributed by atoms with Crippen LogP contribution in [-0.2, 0) is 6.18 Å². The van der Waals surface area contributed by atoms with Gasteiger partial charge in [0.2, 0.25) is 5.95 Å². The van der Waals surface area contributed by atoms with E-state index in [1.54, 1.807) is 0 Å². The van der Waals surface area contributed by atoms with Crippen molar-refractivity contribution in [2.24, 2.45) is 0 Å². The second-order valence-corrected chi connectivity index (χ2v) is 4.05. The Hall–Kier alpha value is -2.52. The smallest absolute Gasteiger partial charge is 0.357 e. The van der Waals surface area contributed by atoms with Crippen molar-refractivity contribution in [3.63, 3.8) is 0 Å². The minimum Gasteiger partial charge on any atom is -0.357 e. The zero-order valence-electron chi connectivity index (χ0n) is 10.9. The summed E-state index contributed by atoms with van der Waals surface area (Å²) in [6.45, 7) is 0. The highest BCUT2D eigenvalue weighted by atomic mass is 19.4. The van der Waals surface area contributed by atoms with E-state index in [2.05, 4.69) is 15.3 Å². The fourth-order valence-electron chi connectivity index (χ4n) is 1.54. The largest absolute Gasteiger partial charge is 0.433 e. The maximum atomic E-state index is 13.5. The SMILES string of the molecule is CNc1nc(Nc2c(F)ccc(F)c2F)cc(C(F)(F)F)n1. The number of halogens is 6. The summed E-state index contributed by atoms with van der Waals surface area (Å²) < 4.78 is 78.1. The van der Waals surface area contributed by atoms with Crippen LogP contribution in [0.3, 0.4) is 0 Å². The Kier molecular flexibility index (Phi) is 4.11. The average molecular weight is 322 g/mol. The van der Waals surface area contributed by atoms with Crippen molar-refractivity contribution in [1.82, 2.24) is 9.97 Å². The predicted octanol–water partition coefficient (Wildman–Crippen LogP) is 3.70. The first-order chi connectivity index (χ1) is 10.2. The number of benzene rings is 1. The third kappa shape index (κ3) is 3.21. The van der Waals surface area contributed by atoms with E-state index >= 15 is 0 Å². The number of hydrogen-bond acceptors (Lipinski definition) is 4. The van der Waals surface area contributed by atoms with Gasteiger partial charge in [0.25, 0.3) is 0 Å². The van der Waals surface area contributed by atoms with Crippen LogP contribution in [-0.4, -0.2) is 17.0 Å². The minimum atomic E-state index is -4.79. The summed E-state index contributed by atoms with van der Waals surface area (Å²) in [6, 6.07) is 1.63. The van der Waals surface area contributed by atoms with Crippen LogP contribution in [0.4, 0.5) is 43.8 Å². The zero-order chi connectivity index (χ0) is 16.5. The van der Waals surface area contributed by atoms with E-state index in [-0.39, 0.29) is 0 Å². The monoisotopic (exact) mass is 322 g/mol. The number of rotatable bonds is 3. The number of hydrogen-bond donors (Lipinski definition) is 2. The van der Waals surface area contributed by atoms with Crippen molar-refractivity contribution < 1.29 is 26.3 Å². The Morgan fingerprint density at radius 3 is 2.23 bits per heavy atom. The molecule has 0 saturated carbocycles. The zero-order valence-corrected chi connectivity index (χ0v) is 10.9. The van der Waals surface area contributed by atoms with E-state index in [4.69, 9.17) is 0 Å². The van der Waals surface area contributed by atoms with Gasteiger partial charge in [0, 0.05) is 13.1 Å². The van der Waals surface area contributed by atoms with Crippen LogP contribution in [0.25, 0.3) is 0 Å². The van der Waals surface area contributed by atoms with E-state index in [0.717, 1.165) is 0 Å². The molecule has 10 heteroatoms. The van der Waals surface area contributed by atoms with Gasteiger partial charge >= 0.3 is 6.18 Å². The number of nitrogens with one attached hydrogen (secondary N) is 2. The minimum absolute atomic E-state index is 0.422. The molecule has 0 aliphatic carbocycles. The molecule has 0 unspecified atom stereocenters. The topological polar surface area (TPSA) is 49.8 Å². The standard InChI is InChI=1S/C12H8F6N4/c1-19-11-20-7(12(16,17)18)4-8(22-11)21-10-6(14)3-2-5(13)9(10)15/h2-4H,1H3,(H2,19,20,21,22). The third-order valence-corrected chi connectivity index (χ3v) is 2.54. The summed E-state index contributed by atoms with van der Waals surface area (Å²) in [5.41, 5.74) is -2.28. The van der Waals surface area contributed by atoms with Gasteiger partial charge in [-0.05, 0) is 12.1 Å². The van der Waals surface area contributed by atoms with Crippen LogP contribution >= 0.6 is 0 Å². The summed E-state index contributed by atoms with van der Waals surface area (Å²) in [4.78, 5) is 6.76. The van der Waals surface area contributed by atoms with E-state index < -0.39 is 46.8 Å². The maximum Gasteiger partial charge on any atom is 0.433 e. The molecular formula is C12H8F6N4. The summed E-state index contributed by atoms with van der Waals surface area (Å²) >= 11 is 0. The molecule has 1 aromatic heterocycles. The van der Waals surface area contributed by atoms with Crippen molar-refractivity contribution in [1.29, 1.82) is 0 Å². The molecule has 1 heterocycles. The second-order valence-electron chi connectivity index (χ2n) is 4.05. The van der Waals surface area contributed by atoms with Gasteiger partial charge in [0.15, 0.2) is 17.3 Å². The number of alkyl halides is 3. The highest BCUT2D eigenvalue weighted by molar-refractivity contribution is 5.59. The van der Waals surface area contributed by atoms with E-state index in [1.165, 1.54) is 7.05 Å². The lowest BCUT2D eigenvalue weighted by molar-refractivity contribution is -0.141. The average Bonchev–Trinajstić information content (AvgIpc) is 2.46. The van der Waals surface area contributed by atoms with E-state index in [1.807, 2.05) is 5.32 Å². The number of nitrogens with zero attached hydrogens (tertiary/aromatic N) is 2. The third-order valence-electron chi connectivity index (χ3n) is 2.54. The van der Waals surface area contributed by atoms with Gasteiger partial charge in [-0.3, -0.25) is 0 Å². The molecule has 0 aliphatic rings. The number of aromatic nitrogens is 2. The molecule has 0 amide bonds. The van der Waals surface area contributed by atoms with Gasteiger partial charge in [0.1, 0.15) is 17.3 Å². The highest BCUT2D eigenvalue weighted by Crippen LogP contribution is 2.31. The first-order valence-corrected chi connectivity index (χ1v) is 5.77. The van der Waals surface area contributed by atoms with Gasteiger partial charge in [-0.2, -0.15) is 18.2 Å². The Balaban J connectivity index is 2.48. The summed E-state index contributed by atoms with van der Waals surface area (Å²) in [7, 11) is 1.27. The second kappa shape index (κ2) is 5.70. The molecule has 0 spiro atoms. The Labute approximate surface area is 120 Å². The molecule has 1 aromatic carbocycles. The van der Waals surface area contributed by atoms with Gasteiger partial charge in [-0.15, -0.1) is 0 Å². The quantitative estimate of drug-likeness (QED) is 0.668. The highest BCUT2D eigenvalue weighted by Gasteiger charge is 2.34. The number of anilines is 3. The Morgan fingerprint density at radius 2 is 1.64 bits per heavy atom. The fraction of sp³-hybridized carbons (Fsp3) is 0.167. The molecule has 22 heavy (non-hydrogen) atoms. The first-order valence-electron chi connectivity index (χ1n) is 5.77. The molecule has 0 radical (unpaired) electrons. The van der Waals surface area contributed by atoms with Crippen LogP contribution in [0.5, 0.6) is 0 Å². The molecule has 2 aromatic rings. The summed E-state index contributed by atoms with van der Waals surface area (Å²) in [5.74, 6) is -5.08. The normalized spacial score (nSPS) is 11.4. The maximum absolute atomic E-state index is 13.5. The van der Waals surface area contributed by atoms with Gasteiger partial charge in [-0.25, -0.2) is 18.2 Å². The summed E-state index contributed by atoms with van der Waals surface area (Å²) in [6.07, 6.45) is -4.79. The van der Waals surface area contributed by atoms with Crippen molar-refractivity contribution in [2.45, 2.75) is 6.18 Å². The van der Waals surface area contributed by atoms with Crippen LogP contribution < -0.4 is 10.6 Å². The molecule has 0 bridgehead atoms. The molecule has 0 atom stereocenters. The van der Waals surface area contributed by atoms with Crippen LogP contribution in [0, 0.1) is 17.5 Å². The van der Waals surface area contributed by atoms with Crippen molar-refractivity contribution in [3.05, 3.63) is 41.3 Å². The Bertz CT molecular complexity index is 701. The molecular weight excluding hydrogens is 314 g/mol. The lowest BCUT2D eigenvalue weighted by Crippen LogP contribution is -2.12. The summed E-state index contributed by atoms with van der Waals surface area (Å²) in [5, 5.41) is 4.27. The molecule has 0 fully saturated rings. The fourth-order valence-corrected chi connectivity index (χ4v) is 1.54. The predicted molar refractivity (Wildman–Crippen MR) is 66.2 cm³/mol.